The molecule has 1 aliphatic heterocycles. The van der Waals surface area contributed by atoms with Gasteiger partial charge in [-0.3, -0.25) is 10.00 Å². The van der Waals surface area contributed by atoms with E-state index in [0.717, 1.165) is 33.5 Å². The van der Waals surface area contributed by atoms with Gasteiger partial charge in [-0.05, 0) is 41.0 Å². The predicted octanol–water partition coefficient (Wildman–Crippen LogP) is 5.53. The zero-order chi connectivity index (χ0) is 24.7. The highest BCUT2D eigenvalue weighted by atomic mass is 19.3. The zero-order valence-corrected chi connectivity index (χ0v) is 19.1. The molecule has 2 aromatic carbocycles. The number of hydrogen-bond acceptors (Lipinski definition) is 6. The number of hydrogen-bond donors (Lipinski definition) is 2. The highest BCUT2D eigenvalue weighted by Gasteiger charge is 2.48. The first-order valence-corrected chi connectivity index (χ1v) is 11.6. The molecule has 0 unspecified atom stereocenters. The molecule has 1 amide bonds. The lowest BCUT2D eigenvalue weighted by atomic mass is 9.91. The number of amides is 1. The molecule has 3 heterocycles. The van der Waals surface area contributed by atoms with Crippen LogP contribution in [0.1, 0.15) is 24.0 Å². The number of fused-ring (bicyclic) bond motifs is 1. The molecular weight excluding hydrogens is 466 g/mol. The lowest BCUT2D eigenvalue weighted by Gasteiger charge is -2.34. The molecule has 1 fully saturated rings. The van der Waals surface area contributed by atoms with E-state index in [0.29, 0.717) is 24.7 Å². The molecule has 0 bridgehead atoms. The molecule has 0 atom stereocenters. The van der Waals surface area contributed by atoms with Gasteiger partial charge < -0.3 is 10.1 Å². The molecule has 1 saturated carbocycles. The van der Waals surface area contributed by atoms with Crippen molar-refractivity contribution in [3.05, 3.63) is 78.2 Å². The second-order valence-electron chi connectivity index (χ2n) is 9.06. The maximum absolute atomic E-state index is 13.0. The number of halogens is 2. The monoisotopic (exact) mass is 488 g/mol. The predicted molar refractivity (Wildman–Crippen MR) is 128 cm³/mol. The van der Waals surface area contributed by atoms with Crippen molar-refractivity contribution < 1.29 is 18.3 Å². The number of benzene rings is 2. The number of ether oxygens (including phenoxy) is 1. The highest BCUT2D eigenvalue weighted by molar-refractivity contribution is 5.70. The van der Waals surface area contributed by atoms with Crippen molar-refractivity contribution in [1.82, 2.24) is 25.1 Å². The van der Waals surface area contributed by atoms with Crippen LogP contribution >= 0.6 is 0 Å². The summed E-state index contributed by atoms with van der Waals surface area (Å²) in [5, 5.41) is 10.1. The van der Waals surface area contributed by atoms with E-state index in [4.69, 9.17) is 4.74 Å². The third-order valence-electron chi connectivity index (χ3n) is 6.41. The number of rotatable bonds is 5. The molecule has 2 N–H and O–H groups in total. The fourth-order valence-corrected chi connectivity index (χ4v) is 4.44. The first-order chi connectivity index (χ1) is 17.4. The van der Waals surface area contributed by atoms with Crippen LogP contribution in [0.25, 0.3) is 22.5 Å². The minimum absolute atomic E-state index is 0.353. The lowest BCUT2D eigenvalue weighted by molar-refractivity contribution is -0.148. The van der Waals surface area contributed by atoms with Gasteiger partial charge in [0.25, 0.3) is 5.92 Å². The Morgan fingerprint density at radius 1 is 1.03 bits per heavy atom. The van der Waals surface area contributed by atoms with E-state index in [-0.39, 0.29) is 0 Å². The number of aromatic nitrogens is 4. The van der Waals surface area contributed by atoms with Crippen LogP contribution in [0.3, 0.4) is 0 Å². The number of nitrogens with one attached hydrogen (secondary N) is 2. The van der Waals surface area contributed by atoms with Crippen molar-refractivity contribution in [3.8, 4) is 22.5 Å². The number of anilines is 2. The molecule has 0 saturated heterocycles. The summed E-state index contributed by atoms with van der Waals surface area (Å²) >= 11 is 0. The van der Waals surface area contributed by atoms with Crippen LogP contribution in [-0.2, 0) is 17.8 Å². The molecule has 6 rings (SSSR count). The van der Waals surface area contributed by atoms with Crippen LogP contribution in [-0.4, -0.2) is 43.2 Å². The lowest BCUT2D eigenvalue weighted by Crippen LogP contribution is -2.44. The molecule has 2 aromatic heterocycles. The van der Waals surface area contributed by atoms with Crippen molar-refractivity contribution in [3.63, 3.8) is 0 Å². The third kappa shape index (κ3) is 4.49. The summed E-state index contributed by atoms with van der Waals surface area (Å²) in [6, 6.07) is 15.6. The van der Waals surface area contributed by atoms with Crippen LogP contribution in [0.2, 0.25) is 0 Å². The van der Waals surface area contributed by atoms with E-state index in [1.165, 1.54) is 4.90 Å². The van der Waals surface area contributed by atoms with Gasteiger partial charge >= 0.3 is 6.09 Å². The second kappa shape index (κ2) is 8.71. The SMILES string of the molecule is O=C(OC1CC(F)(F)C1)N1Cc2ccc(-c3nccc(Nc4ccc(-c5cn[nH]c5)cc4)n3)cc2C1. The van der Waals surface area contributed by atoms with Crippen molar-refractivity contribution in [2.45, 2.75) is 38.0 Å². The summed E-state index contributed by atoms with van der Waals surface area (Å²) in [6.07, 6.45) is 3.23. The third-order valence-corrected chi connectivity index (χ3v) is 6.41. The fourth-order valence-electron chi connectivity index (χ4n) is 4.44. The van der Waals surface area contributed by atoms with Gasteiger partial charge in [0.05, 0.1) is 6.20 Å². The van der Waals surface area contributed by atoms with Gasteiger partial charge in [0.1, 0.15) is 11.9 Å². The highest BCUT2D eigenvalue weighted by Crippen LogP contribution is 2.40. The normalized spacial score (nSPS) is 16.3. The molecule has 182 valence electrons. The van der Waals surface area contributed by atoms with Crippen LogP contribution in [0.15, 0.2) is 67.1 Å². The van der Waals surface area contributed by atoms with Crippen LogP contribution in [0, 0.1) is 0 Å². The van der Waals surface area contributed by atoms with Gasteiger partial charge in [0, 0.05) is 55.1 Å². The number of nitrogens with zero attached hydrogens (tertiary/aromatic N) is 4. The summed E-state index contributed by atoms with van der Waals surface area (Å²) in [7, 11) is 0. The van der Waals surface area contributed by atoms with E-state index in [1.54, 1.807) is 18.5 Å². The minimum atomic E-state index is -2.72. The standard InChI is InChI=1S/C26H22F2N6O2/c27-26(28)10-22(11-26)36-25(35)34-14-18-2-1-17(9-19(18)15-34)24-29-8-7-23(33-24)32-21-5-3-16(4-6-21)20-12-30-31-13-20/h1-9,12-13,22H,10-11,14-15H2,(H,30,31)(H,29,32,33). The topological polar surface area (TPSA) is 96.0 Å². The van der Waals surface area contributed by atoms with Gasteiger partial charge in [-0.25, -0.2) is 23.5 Å². The molecule has 4 aromatic rings. The molecule has 8 nitrogen and oxygen atoms in total. The molecule has 10 heteroatoms. The number of carbonyl (C=O) groups is 1. The average molecular weight is 488 g/mol. The van der Waals surface area contributed by atoms with Gasteiger partial charge in [-0.2, -0.15) is 5.10 Å². The number of alkyl halides is 2. The molecule has 1 aliphatic carbocycles. The Morgan fingerprint density at radius 2 is 1.81 bits per heavy atom. The zero-order valence-electron chi connectivity index (χ0n) is 19.1. The molecule has 36 heavy (non-hydrogen) atoms. The molecule has 2 aliphatic rings. The maximum Gasteiger partial charge on any atom is 0.410 e. The van der Waals surface area contributed by atoms with E-state index in [9.17, 15) is 13.6 Å². The van der Waals surface area contributed by atoms with Crippen molar-refractivity contribution in [2.24, 2.45) is 0 Å². The van der Waals surface area contributed by atoms with Crippen molar-refractivity contribution in [1.29, 1.82) is 0 Å². The Morgan fingerprint density at radius 3 is 2.56 bits per heavy atom. The average Bonchev–Trinajstić information content (AvgIpc) is 3.53. The van der Waals surface area contributed by atoms with Gasteiger partial charge in [-0.15, -0.1) is 0 Å². The summed E-state index contributed by atoms with van der Waals surface area (Å²) in [6.45, 7) is 0.737. The Hall–Kier alpha value is -4.34. The van der Waals surface area contributed by atoms with Gasteiger partial charge in [0.2, 0.25) is 0 Å². The maximum atomic E-state index is 13.0. The quantitative estimate of drug-likeness (QED) is 0.384. The van der Waals surface area contributed by atoms with Crippen molar-refractivity contribution >= 4 is 17.6 Å². The molecule has 0 radical (unpaired) electrons. The van der Waals surface area contributed by atoms with Gasteiger partial charge in [-0.1, -0.05) is 24.3 Å². The van der Waals surface area contributed by atoms with E-state index in [2.05, 4.69) is 25.5 Å². The minimum Gasteiger partial charge on any atom is -0.446 e. The number of H-pyrrole nitrogens is 1. The Balaban J connectivity index is 1.12. The Labute approximate surface area is 205 Å². The first kappa shape index (κ1) is 22.1. The van der Waals surface area contributed by atoms with E-state index >= 15 is 0 Å². The number of aromatic amines is 1. The summed E-state index contributed by atoms with van der Waals surface area (Å²) in [5.74, 6) is -1.52. The first-order valence-electron chi connectivity index (χ1n) is 11.6. The Kier molecular flexibility index (Phi) is 5.36. The Bertz CT molecular complexity index is 1400. The van der Waals surface area contributed by atoms with E-state index < -0.39 is 31.0 Å². The smallest absolute Gasteiger partial charge is 0.410 e. The van der Waals surface area contributed by atoms with Crippen LogP contribution in [0.4, 0.5) is 25.1 Å². The second-order valence-corrected chi connectivity index (χ2v) is 9.06. The summed E-state index contributed by atoms with van der Waals surface area (Å²) in [5.41, 5.74) is 5.72. The summed E-state index contributed by atoms with van der Waals surface area (Å²) in [4.78, 5) is 23.0. The van der Waals surface area contributed by atoms with E-state index in [1.807, 2.05) is 48.7 Å². The van der Waals surface area contributed by atoms with Crippen LogP contribution in [0.5, 0.6) is 0 Å². The largest absolute Gasteiger partial charge is 0.446 e. The van der Waals surface area contributed by atoms with Crippen molar-refractivity contribution in [2.75, 3.05) is 5.32 Å². The van der Waals surface area contributed by atoms with Crippen LogP contribution < -0.4 is 5.32 Å². The molecular formula is C26H22F2N6O2. The number of carbonyl (C=O) groups excluding carboxylic acids is 1. The summed E-state index contributed by atoms with van der Waals surface area (Å²) < 4.78 is 31.3. The molecule has 0 spiro atoms. The van der Waals surface area contributed by atoms with Gasteiger partial charge in [0.15, 0.2) is 5.82 Å². The fraction of sp³-hybridized carbons (Fsp3) is 0.231.